The van der Waals surface area contributed by atoms with Gasteiger partial charge in [-0.2, -0.15) is 5.10 Å². The number of nitrogens with zero attached hydrogens (tertiary/aromatic N) is 4. The van der Waals surface area contributed by atoms with Crippen LogP contribution in [0, 0.1) is 20.8 Å². The van der Waals surface area contributed by atoms with Crippen molar-refractivity contribution in [1.82, 2.24) is 25.4 Å². The third kappa shape index (κ3) is 6.51. The van der Waals surface area contributed by atoms with E-state index in [1.165, 1.54) is 10.4 Å². The molecule has 0 saturated heterocycles. The van der Waals surface area contributed by atoms with Crippen molar-refractivity contribution in [3.8, 4) is 0 Å². The number of aryl methyl sites for hydroxylation is 2. The van der Waals surface area contributed by atoms with Crippen LogP contribution < -0.4 is 10.6 Å². The molecule has 2 rings (SSSR count). The van der Waals surface area contributed by atoms with Crippen LogP contribution in [0.3, 0.4) is 0 Å². The fraction of sp³-hybridized carbons (Fsp3) is 0.588. The molecule has 146 valence electrons. The van der Waals surface area contributed by atoms with Crippen LogP contribution in [0.4, 0.5) is 0 Å². The van der Waals surface area contributed by atoms with Crippen molar-refractivity contribution >= 4 is 41.3 Å². The van der Waals surface area contributed by atoms with Crippen molar-refractivity contribution in [3.05, 3.63) is 33.0 Å². The molecule has 0 aliphatic heterocycles. The molecule has 0 amide bonds. The molecule has 0 atom stereocenters. The van der Waals surface area contributed by atoms with Crippen molar-refractivity contribution < 1.29 is 4.74 Å². The van der Waals surface area contributed by atoms with Gasteiger partial charge < -0.3 is 15.4 Å². The van der Waals surface area contributed by atoms with E-state index in [-0.39, 0.29) is 24.0 Å². The van der Waals surface area contributed by atoms with E-state index in [2.05, 4.69) is 39.6 Å². The van der Waals surface area contributed by atoms with Gasteiger partial charge in [0.1, 0.15) is 0 Å². The smallest absolute Gasteiger partial charge is 0.191 e. The van der Waals surface area contributed by atoms with E-state index in [1.54, 1.807) is 25.5 Å². The number of halogens is 1. The maximum atomic E-state index is 5.14. The maximum absolute atomic E-state index is 5.14. The summed E-state index contributed by atoms with van der Waals surface area (Å²) in [5.41, 5.74) is 3.40. The average Bonchev–Trinajstić information content (AvgIpc) is 3.12. The van der Waals surface area contributed by atoms with E-state index in [9.17, 15) is 0 Å². The van der Waals surface area contributed by atoms with Gasteiger partial charge in [0.05, 0.1) is 23.9 Å². The second-order valence-electron chi connectivity index (χ2n) is 5.83. The molecule has 0 saturated carbocycles. The monoisotopic (exact) mass is 492 g/mol. The molecule has 2 aromatic heterocycles. The lowest BCUT2D eigenvalue weighted by atomic mass is 10.2. The number of hydrogen-bond acceptors (Lipinski definition) is 5. The molecule has 0 fully saturated rings. The number of ether oxygens (including phenoxy) is 1. The molecule has 0 aliphatic carbocycles. The lowest BCUT2D eigenvalue weighted by molar-refractivity contribution is 0.182. The molecule has 9 heteroatoms. The summed E-state index contributed by atoms with van der Waals surface area (Å²) >= 11 is 1.74. The number of aliphatic imine (C=N–C) groups is 1. The lowest BCUT2D eigenvalue weighted by Gasteiger charge is -2.12. The van der Waals surface area contributed by atoms with Crippen LogP contribution in [0.25, 0.3) is 0 Å². The van der Waals surface area contributed by atoms with Gasteiger partial charge in [0.15, 0.2) is 5.96 Å². The lowest BCUT2D eigenvalue weighted by Crippen LogP contribution is -2.38. The predicted molar refractivity (Wildman–Crippen MR) is 118 cm³/mol. The summed E-state index contributed by atoms with van der Waals surface area (Å²) in [5, 5.41) is 12.4. The average molecular weight is 492 g/mol. The van der Waals surface area contributed by atoms with Crippen molar-refractivity contribution in [3.63, 3.8) is 0 Å². The van der Waals surface area contributed by atoms with Crippen molar-refractivity contribution in [1.29, 1.82) is 0 Å². The molecule has 0 aliphatic rings. The Morgan fingerprint density at radius 3 is 2.69 bits per heavy atom. The first kappa shape index (κ1) is 22.8. The Morgan fingerprint density at radius 1 is 1.31 bits per heavy atom. The highest BCUT2D eigenvalue weighted by molar-refractivity contribution is 14.0. The Bertz CT molecular complexity index is 712. The summed E-state index contributed by atoms with van der Waals surface area (Å²) in [6.07, 6.45) is 2.81. The van der Waals surface area contributed by atoms with Gasteiger partial charge in [-0.05, 0) is 20.8 Å². The molecule has 0 bridgehead atoms. The van der Waals surface area contributed by atoms with Crippen LogP contribution in [0.1, 0.15) is 26.8 Å². The third-order valence-electron chi connectivity index (χ3n) is 4.00. The van der Waals surface area contributed by atoms with Gasteiger partial charge in [-0.25, -0.2) is 4.98 Å². The van der Waals surface area contributed by atoms with Crippen molar-refractivity contribution in [2.45, 2.75) is 40.3 Å². The van der Waals surface area contributed by atoms with Gasteiger partial charge in [0.25, 0.3) is 0 Å². The van der Waals surface area contributed by atoms with Crippen LogP contribution >= 0.6 is 35.3 Å². The molecule has 2 heterocycles. The van der Waals surface area contributed by atoms with Gasteiger partial charge in [-0.15, -0.1) is 35.3 Å². The Morgan fingerprint density at radius 2 is 2.08 bits per heavy atom. The second-order valence-corrected chi connectivity index (χ2v) is 7.15. The maximum Gasteiger partial charge on any atom is 0.191 e. The van der Waals surface area contributed by atoms with Crippen LogP contribution in [-0.4, -0.2) is 48.0 Å². The van der Waals surface area contributed by atoms with Crippen LogP contribution in [0.5, 0.6) is 0 Å². The molecule has 0 unspecified atom stereocenters. The number of methoxy groups -OCH3 is 1. The molecule has 2 N–H and O–H groups in total. The molecular weight excluding hydrogens is 463 g/mol. The van der Waals surface area contributed by atoms with E-state index in [4.69, 9.17) is 4.74 Å². The Labute approximate surface area is 176 Å². The topological polar surface area (TPSA) is 76.4 Å². The first-order valence-electron chi connectivity index (χ1n) is 8.42. The van der Waals surface area contributed by atoms with Crippen LogP contribution in [0.2, 0.25) is 0 Å². The number of thiazole rings is 1. The van der Waals surface area contributed by atoms with Gasteiger partial charge >= 0.3 is 0 Å². The largest absolute Gasteiger partial charge is 0.383 e. The fourth-order valence-corrected chi connectivity index (χ4v) is 3.37. The molecule has 2 aromatic rings. The second kappa shape index (κ2) is 11.5. The van der Waals surface area contributed by atoms with E-state index in [0.717, 1.165) is 41.9 Å². The highest BCUT2D eigenvalue weighted by Crippen LogP contribution is 2.13. The van der Waals surface area contributed by atoms with Crippen molar-refractivity contribution in [2.75, 3.05) is 27.3 Å². The quantitative estimate of drug-likeness (QED) is 0.337. The molecule has 0 spiro atoms. The minimum absolute atomic E-state index is 0. The Balaban J connectivity index is 0.00000338. The highest BCUT2D eigenvalue weighted by Gasteiger charge is 2.11. The first-order valence-corrected chi connectivity index (χ1v) is 9.24. The van der Waals surface area contributed by atoms with Gasteiger partial charge in [0.2, 0.25) is 0 Å². The fourth-order valence-electron chi connectivity index (χ4n) is 2.58. The van der Waals surface area contributed by atoms with Crippen LogP contribution in [0.15, 0.2) is 11.2 Å². The zero-order valence-electron chi connectivity index (χ0n) is 16.1. The molecule has 7 nitrogen and oxygen atoms in total. The Hall–Kier alpha value is -1.20. The van der Waals surface area contributed by atoms with Gasteiger partial charge in [-0.3, -0.25) is 9.67 Å². The summed E-state index contributed by atoms with van der Waals surface area (Å²) in [4.78, 5) is 9.91. The number of guanidine groups is 1. The summed E-state index contributed by atoms with van der Waals surface area (Å²) < 4.78 is 7.13. The van der Waals surface area contributed by atoms with E-state index < -0.39 is 0 Å². The number of rotatable bonds is 8. The summed E-state index contributed by atoms with van der Waals surface area (Å²) in [6, 6.07) is 0. The minimum Gasteiger partial charge on any atom is -0.383 e. The standard InChI is InChI=1S/C17H28N6OS.HI/c1-12-10-20-16(25-12)6-7-19-17(18-4)21-11-15-13(2)22-23(14(15)3)8-9-24-5;/h10H,6-9,11H2,1-5H3,(H2,18,19,21);1H. The predicted octanol–water partition coefficient (Wildman–Crippen LogP) is 2.44. The van der Waals surface area contributed by atoms with Crippen LogP contribution in [-0.2, 0) is 24.2 Å². The first-order chi connectivity index (χ1) is 12.0. The van der Waals surface area contributed by atoms with E-state index in [1.807, 2.05) is 17.8 Å². The SMILES string of the molecule is CN=C(NCCc1ncc(C)s1)NCc1c(C)nn(CCOC)c1C.I. The Kier molecular flexibility index (Phi) is 10.1. The molecule has 26 heavy (non-hydrogen) atoms. The number of hydrogen-bond donors (Lipinski definition) is 2. The molecular formula is C17H29IN6OS. The van der Waals surface area contributed by atoms with E-state index >= 15 is 0 Å². The van der Waals surface area contributed by atoms with Crippen molar-refractivity contribution in [2.24, 2.45) is 4.99 Å². The zero-order valence-corrected chi connectivity index (χ0v) is 19.3. The minimum atomic E-state index is 0. The van der Waals surface area contributed by atoms with Gasteiger partial charge in [0, 0.05) is 56.0 Å². The summed E-state index contributed by atoms with van der Waals surface area (Å²) in [7, 11) is 3.49. The number of aromatic nitrogens is 3. The molecule has 0 aromatic carbocycles. The normalized spacial score (nSPS) is 11.3. The molecule has 0 radical (unpaired) electrons. The summed E-state index contributed by atoms with van der Waals surface area (Å²) in [6.45, 7) is 9.13. The van der Waals surface area contributed by atoms with E-state index in [0.29, 0.717) is 13.2 Å². The number of nitrogens with one attached hydrogen (secondary N) is 2. The van der Waals surface area contributed by atoms with Gasteiger partial charge in [-0.1, -0.05) is 0 Å². The summed E-state index contributed by atoms with van der Waals surface area (Å²) in [5.74, 6) is 0.789. The third-order valence-corrected chi connectivity index (χ3v) is 4.97. The zero-order chi connectivity index (χ0) is 18.2. The highest BCUT2D eigenvalue weighted by atomic mass is 127.